The van der Waals surface area contributed by atoms with E-state index in [9.17, 15) is 0 Å². The van der Waals surface area contributed by atoms with Crippen molar-refractivity contribution >= 4 is 11.6 Å². The first-order chi connectivity index (χ1) is 8.06. The molecule has 1 aliphatic carbocycles. The van der Waals surface area contributed by atoms with Crippen LogP contribution in [-0.2, 0) is 6.54 Å². The Morgan fingerprint density at radius 2 is 1.76 bits per heavy atom. The van der Waals surface area contributed by atoms with Gasteiger partial charge in [-0.3, -0.25) is 0 Å². The molecule has 1 aliphatic rings. The largest absolute Gasteiger partial charge is 0.312 e. The van der Waals surface area contributed by atoms with E-state index < -0.39 is 0 Å². The fraction of sp³-hybridized carbons (Fsp3) is 0.600. The second kappa shape index (κ2) is 4.99. The Kier molecular flexibility index (Phi) is 3.79. The summed E-state index contributed by atoms with van der Waals surface area (Å²) in [5.74, 6) is 0.797. The monoisotopic (exact) mass is 251 g/mol. The molecule has 1 nitrogen and oxygen atoms in total. The van der Waals surface area contributed by atoms with Crippen LogP contribution in [0.1, 0.15) is 35.1 Å². The molecule has 1 saturated carbocycles. The number of halogens is 1. The van der Waals surface area contributed by atoms with Crippen molar-refractivity contribution in [2.75, 3.05) is 12.4 Å². The molecule has 2 rings (SSSR count). The maximum atomic E-state index is 5.98. The minimum atomic E-state index is 0.411. The summed E-state index contributed by atoms with van der Waals surface area (Å²) in [7, 11) is 0. The lowest BCUT2D eigenvalue weighted by Gasteiger charge is -2.15. The van der Waals surface area contributed by atoms with Gasteiger partial charge in [-0.05, 0) is 55.7 Å². The van der Waals surface area contributed by atoms with Gasteiger partial charge < -0.3 is 5.32 Å². The zero-order valence-corrected chi connectivity index (χ0v) is 11.8. The Morgan fingerprint density at radius 3 is 2.24 bits per heavy atom. The standard InChI is InChI=1S/C15H22ClN/c1-11-6-12(2)14(13(3)7-11)8-17-10-15(9-16)4-5-15/h6-7,17H,4-5,8-10H2,1-3H3. The van der Waals surface area contributed by atoms with Crippen LogP contribution in [0.4, 0.5) is 0 Å². The van der Waals surface area contributed by atoms with E-state index in [2.05, 4.69) is 38.2 Å². The van der Waals surface area contributed by atoms with Gasteiger partial charge in [0.2, 0.25) is 0 Å². The van der Waals surface area contributed by atoms with E-state index in [1.54, 1.807) is 0 Å². The Bertz CT molecular complexity index is 384. The van der Waals surface area contributed by atoms with Gasteiger partial charge in [0.1, 0.15) is 0 Å². The molecule has 0 radical (unpaired) electrons. The maximum absolute atomic E-state index is 5.98. The van der Waals surface area contributed by atoms with Crippen molar-refractivity contribution in [2.24, 2.45) is 5.41 Å². The van der Waals surface area contributed by atoms with Crippen LogP contribution in [-0.4, -0.2) is 12.4 Å². The van der Waals surface area contributed by atoms with Gasteiger partial charge in [0, 0.05) is 19.0 Å². The number of hydrogen-bond donors (Lipinski definition) is 1. The third-order valence-corrected chi connectivity index (χ3v) is 4.45. The zero-order chi connectivity index (χ0) is 12.5. The number of hydrogen-bond acceptors (Lipinski definition) is 1. The number of benzene rings is 1. The molecule has 2 heteroatoms. The van der Waals surface area contributed by atoms with Gasteiger partial charge in [-0.15, -0.1) is 11.6 Å². The second-order valence-electron chi connectivity index (χ2n) is 5.61. The lowest BCUT2D eigenvalue weighted by Crippen LogP contribution is -2.25. The van der Waals surface area contributed by atoms with Gasteiger partial charge in [0.25, 0.3) is 0 Å². The summed E-state index contributed by atoms with van der Waals surface area (Å²) in [4.78, 5) is 0. The van der Waals surface area contributed by atoms with Gasteiger partial charge in [-0.25, -0.2) is 0 Å². The molecule has 1 aromatic carbocycles. The molecular formula is C15H22ClN. The highest BCUT2D eigenvalue weighted by Gasteiger charge is 2.41. The molecule has 0 saturated heterocycles. The highest BCUT2D eigenvalue weighted by molar-refractivity contribution is 6.18. The average Bonchev–Trinajstić information content (AvgIpc) is 3.02. The van der Waals surface area contributed by atoms with Crippen LogP contribution < -0.4 is 5.32 Å². The number of alkyl halides is 1. The molecule has 1 fully saturated rings. The van der Waals surface area contributed by atoms with Crippen LogP contribution in [0.2, 0.25) is 0 Å². The topological polar surface area (TPSA) is 12.0 Å². The van der Waals surface area contributed by atoms with Crippen LogP contribution >= 0.6 is 11.6 Å². The maximum Gasteiger partial charge on any atom is 0.0292 e. The first kappa shape index (κ1) is 12.9. The van der Waals surface area contributed by atoms with Crippen molar-refractivity contribution < 1.29 is 0 Å². The zero-order valence-electron chi connectivity index (χ0n) is 11.1. The van der Waals surface area contributed by atoms with Crippen molar-refractivity contribution in [3.8, 4) is 0 Å². The van der Waals surface area contributed by atoms with Gasteiger partial charge in [-0.1, -0.05) is 17.7 Å². The smallest absolute Gasteiger partial charge is 0.0292 e. The summed E-state index contributed by atoms with van der Waals surface area (Å²) >= 11 is 5.98. The highest BCUT2D eigenvalue weighted by atomic mass is 35.5. The molecule has 17 heavy (non-hydrogen) atoms. The van der Waals surface area contributed by atoms with Crippen LogP contribution in [0, 0.1) is 26.2 Å². The predicted molar refractivity (Wildman–Crippen MR) is 74.7 cm³/mol. The SMILES string of the molecule is Cc1cc(C)c(CNCC2(CCl)CC2)c(C)c1. The molecule has 1 aromatic rings. The summed E-state index contributed by atoms with van der Waals surface area (Å²) in [5.41, 5.74) is 5.99. The van der Waals surface area contributed by atoms with Gasteiger partial charge in [0.15, 0.2) is 0 Å². The molecule has 0 aromatic heterocycles. The lowest BCUT2D eigenvalue weighted by molar-refractivity contribution is 0.503. The lowest BCUT2D eigenvalue weighted by atomic mass is 9.99. The fourth-order valence-corrected chi connectivity index (χ4v) is 2.84. The van der Waals surface area contributed by atoms with E-state index in [0.717, 1.165) is 19.0 Å². The van der Waals surface area contributed by atoms with Crippen molar-refractivity contribution in [1.82, 2.24) is 5.32 Å². The van der Waals surface area contributed by atoms with E-state index in [0.29, 0.717) is 5.41 Å². The van der Waals surface area contributed by atoms with Crippen molar-refractivity contribution in [1.29, 1.82) is 0 Å². The van der Waals surface area contributed by atoms with Gasteiger partial charge in [0.05, 0.1) is 0 Å². The van der Waals surface area contributed by atoms with E-state index in [1.807, 2.05) is 0 Å². The van der Waals surface area contributed by atoms with Crippen molar-refractivity contribution in [2.45, 2.75) is 40.2 Å². The van der Waals surface area contributed by atoms with Crippen molar-refractivity contribution in [3.63, 3.8) is 0 Å². The van der Waals surface area contributed by atoms with Crippen molar-refractivity contribution in [3.05, 3.63) is 34.4 Å². The Balaban J connectivity index is 1.95. The highest BCUT2D eigenvalue weighted by Crippen LogP contribution is 2.45. The molecule has 0 aliphatic heterocycles. The first-order valence-corrected chi connectivity index (χ1v) is 6.93. The summed E-state index contributed by atoms with van der Waals surface area (Å²) in [6.45, 7) is 8.58. The van der Waals surface area contributed by atoms with Gasteiger partial charge >= 0.3 is 0 Å². The minimum Gasteiger partial charge on any atom is -0.312 e. The molecular weight excluding hydrogens is 230 g/mol. The summed E-state index contributed by atoms with van der Waals surface area (Å²) in [6, 6.07) is 4.52. The minimum absolute atomic E-state index is 0.411. The predicted octanol–water partition coefficient (Wildman–Crippen LogP) is 3.72. The summed E-state index contributed by atoms with van der Waals surface area (Å²) in [5, 5.41) is 3.57. The number of aryl methyl sites for hydroxylation is 3. The van der Waals surface area contributed by atoms with Crippen LogP contribution in [0.15, 0.2) is 12.1 Å². The molecule has 0 spiro atoms. The van der Waals surface area contributed by atoms with Crippen LogP contribution in [0.25, 0.3) is 0 Å². The third kappa shape index (κ3) is 3.02. The molecule has 0 heterocycles. The molecule has 94 valence electrons. The van der Waals surface area contributed by atoms with E-state index in [-0.39, 0.29) is 0 Å². The van der Waals surface area contributed by atoms with Gasteiger partial charge in [-0.2, -0.15) is 0 Å². The average molecular weight is 252 g/mol. The quantitative estimate of drug-likeness (QED) is 0.787. The van der Waals surface area contributed by atoms with Crippen LogP contribution in [0.5, 0.6) is 0 Å². The second-order valence-corrected chi connectivity index (χ2v) is 5.88. The molecule has 1 N–H and O–H groups in total. The summed E-state index contributed by atoms with van der Waals surface area (Å²) in [6.07, 6.45) is 2.57. The van der Waals surface area contributed by atoms with Crippen LogP contribution in [0.3, 0.4) is 0 Å². The molecule has 0 amide bonds. The van der Waals surface area contributed by atoms with E-state index in [1.165, 1.54) is 35.1 Å². The molecule has 0 unspecified atom stereocenters. The summed E-state index contributed by atoms with van der Waals surface area (Å²) < 4.78 is 0. The third-order valence-electron chi connectivity index (χ3n) is 3.88. The van der Waals surface area contributed by atoms with E-state index >= 15 is 0 Å². The number of rotatable bonds is 5. The number of nitrogens with one attached hydrogen (secondary N) is 1. The Hall–Kier alpha value is -0.530. The Morgan fingerprint density at radius 1 is 1.18 bits per heavy atom. The normalized spacial score (nSPS) is 17.2. The molecule has 0 bridgehead atoms. The van der Waals surface area contributed by atoms with E-state index in [4.69, 9.17) is 11.6 Å². The fourth-order valence-electron chi connectivity index (χ4n) is 2.48. The molecule has 0 atom stereocenters. The first-order valence-electron chi connectivity index (χ1n) is 6.40. The Labute approximate surface area is 110 Å².